The summed E-state index contributed by atoms with van der Waals surface area (Å²) < 4.78 is 5.35. The molecule has 1 spiro atoms. The van der Waals surface area contributed by atoms with E-state index in [4.69, 9.17) is 4.74 Å². The fourth-order valence-corrected chi connectivity index (χ4v) is 3.03. The Bertz CT molecular complexity index is 229. The summed E-state index contributed by atoms with van der Waals surface area (Å²) >= 11 is 0. The molecule has 0 amide bonds. The zero-order chi connectivity index (χ0) is 11.6. The zero-order valence-corrected chi connectivity index (χ0v) is 11.2. The third kappa shape index (κ3) is 2.14. The van der Waals surface area contributed by atoms with Crippen molar-refractivity contribution in [3.8, 4) is 0 Å². The van der Waals surface area contributed by atoms with Gasteiger partial charge in [0.25, 0.3) is 0 Å². The summed E-state index contributed by atoms with van der Waals surface area (Å²) in [6.07, 6.45) is 6.76. The second-order valence-corrected chi connectivity index (χ2v) is 6.16. The maximum absolute atomic E-state index is 5.35. The van der Waals surface area contributed by atoms with Crippen LogP contribution in [0.5, 0.6) is 0 Å². The maximum atomic E-state index is 5.35. The van der Waals surface area contributed by atoms with Gasteiger partial charge in [-0.25, -0.2) is 0 Å². The highest BCUT2D eigenvalue weighted by Crippen LogP contribution is 2.43. The van der Waals surface area contributed by atoms with E-state index in [9.17, 15) is 0 Å². The summed E-state index contributed by atoms with van der Waals surface area (Å²) in [6, 6.07) is 0. The van der Waals surface area contributed by atoms with Crippen molar-refractivity contribution in [3.63, 3.8) is 0 Å². The van der Waals surface area contributed by atoms with Crippen LogP contribution in [0.1, 0.15) is 52.9 Å². The fourth-order valence-electron chi connectivity index (χ4n) is 3.03. The molecule has 0 aromatic rings. The van der Waals surface area contributed by atoms with Crippen LogP contribution in [0.2, 0.25) is 0 Å². The van der Waals surface area contributed by atoms with Crippen molar-refractivity contribution >= 4 is 0 Å². The Morgan fingerprint density at radius 1 is 1.19 bits per heavy atom. The second kappa shape index (κ2) is 4.66. The summed E-state index contributed by atoms with van der Waals surface area (Å²) in [5.41, 5.74) is 1.02. The molecule has 1 atom stereocenters. The lowest BCUT2D eigenvalue weighted by Gasteiger charge is -2.61. The Hall–Kier alpha value is -0.0800. The minimum Gasteiger partial charge on any atom is -0.380 e. The lowest BCUT2D eigenvalue weighted by atomic mass is 9.73. The van der Waals surface area contributed by atoms with Crippen LogP contribution in [0.15, 0.2) is 0 Å². The van der Waals surface area contributed by atoms with Gasteiger partial charge in [0.15, 0.2) is 0 Å². The molecule has 0 aromatic carbocycles. The van der Waals surface area contributed by atoms with E-state index in [1.807, 2.05) is 0 Å². The number of unbranched alkanes of at least 4 members (excludes halogenated alkanes) is 2. The van der Waals surface area contributed by atoms with Crippen LogP contribution >= 0.6 is 0 Å². The van der Waals surface area contributed by atoms with Crippen LogP contribution in [0.3, 0.4) is 0 Å². The third-order valence-electron chi connectivity index (χ3n) is 4.71. The van der Waals surface area contributed by atoms with Crippen LogP contribution in [-0.4, -0.2) is 36.7 Å². The van der Waals surface area contributed by atoms with Crippen molar-refractivity contribution in [2.75, 3.05) is 26.3 Å². The Labute approximate surface area is 100 Å². The first-order chi connectivity index (χ1) is 7.64. The number of ether oxygens (including phenoxy) is 1. The minimum absolute atomic E-state index is 0.454. The summed E-state index contributed by atoms with van der Waals surface area (Å²) in [4.78, 5) is 2.70. The lowest BCUT2D eigenvalue weighted by molar-refractivity contribution is -0.213. The first-order valence-corrected chi connectivity index (χ1v) is 6.97. The summed E-state index contributed by atoms with van der Waals surface area (Å²) in [6.45, 7) is 11.7. The van der Waals surface area contributed by atoms with Crippen LogP contribution in [-0.2, 0) is 4.74 Å². The number of hydrogen-bond donors (Lipinski definition) is 0. The molecular weight excluding hydrogens is 198 g/mol. The van der Waals surface area contributed by atoms with E-state index < -0.39 is 0 Å². The Morgan fingerprint density at radius 2 is 1.88 bits per heavy atom. The summed E-state index contributed by atoms with van der Waals surface area (Å²) in [7, 11) is 0. The first-order valence-electron chi connectivity index (χ1n) is 6.97. The number of nitrogens with zero attached hydrogens (tertiary/aromatic N) is 1. The number of rotatable bonds is 6. The Morgan fingerprint density at radius 3 is 2.31 bits per heavy atom. The molecular formula is C14H27NO. The number of likely N-dealkylation sites (tertiary alicyclic amines) is 1. The van der Waals surface area contributed by atoms with E-state index >= 15 is 0 Å². The average Bonchev–Trinajstić information content (AvgIpc) is 2.14. The van der Waals surface area contributed by atoms with E-state index in [-0.39, 0.29) is 0 Å². The SMILES string of the molecule is CCCCCC(C)(CC)N1CC2(COC2)C1. The molecule has 2 saturated heterocycles. The standard InChI is InChI=1S/C14H27NO/c1-4-6-7-8-13(3,5-2)15-9-14(10-15)11-16-12-14/h4-12H2,1-3H3. The van der Waals surface area contributed by atoms with Crippen LogP contribution in [0, 0.1) is 5.41 Å². The number of hydrogen-bond acceptors (Lipinski definition) is 2. The van der Waals surface area contributed by atoms with Gasteiger partial charge in [0.05, 0.1) is 13.2 Å². The van der Waals surface area contributed by atoms with Crippen LogP contribution < -0.4 is 0 Å². The molecule has 2 heteroatoms. The van der Waals surface area contributed by atoms with Gasteiger partial charge in [-0.1, -0.05) is 33.1 Å². The van der Waals surface area contributed by atoms with Gasteiger partial charge in [0.2, 0.25) is 0 Å². The molecule has 2 nitrogen and oxygen atoms in total. The third-order valence-corrected chi connectivity index (χ3v) is 4.71. The topological polar surface area (TPSA) is 12.5 Å². The molecule has 1 unspecified atom stereocenters. The summed E-state index contributed by atoms with van der Waals surface area (Å²) in [5, 5.41) is 0. The van der Waals surface area contributed by atoms with E-state index in [1.165, 1.54) is 45.2 Å². The quantitative estimate of drug-likeness (QED) is 0.644. The van der Waals surface area contributed by atoms with Crippen molar-refractivity contribution in [1.29, 1.82) is 0 Å². The largest absolute Gasteiger partial charge is 0.380 e. The first kappa shape index (κ1) is 12.4. The van der Waals surface area contributed by atoms with Crippen LogP contribution in [0.25, 0.3) is 0 Å². The fraction of sp³-hybridized carbons (Fsp3) is 1.00. The van der Waals surface area contributed by atoms with E-state index in [2.05, 4.69) is 25.7 Å². The molecule has 2 heterocycles. The molecule has 16 heavy (non-hydrogen) atoms. The second-order valence-electron chi connectivity index (χ2n) is 6.16. The van der Waals surface area contributed by atoms with Crippen molar-refractivity contribution in [2.24, 2.45) is 5.41 Å². The van der Waals surface area contributed by atoms with Gasteiger partial charge in [0.1, 0.15) is 0 Å². The highest BCUT2D eigenvalue weighted by Gasteiger charge is 2.52. The molecule has 0 aromatic heterocycles. The zero-order valence-electron chi connectivity index (χ0n) is 11.2. The van der Waals surface area contributed by atoms with Crippen molar-refractivity contribution < 1.29 is 4.74 Å². The molecule has 0 N–H and O–H groups in total. The van der Waals surface area contributed by atoms with E-state index in [0.29, 0.717) is 11.0 Å². The average molecular weight is 225 g/mol. The predicted molar refractivity (Wildman–Crippen MR) is 67.7 cm³/mol. The Kier molecular flexibility index (Phi) is 3.60. The van der Waals surface area contributed by atoms with E-state index in [0.717, 1.165) is 13.2 Å². The molecule has 0 bridgehead atoms. The molecule has 94 valence electrons. The molecule has 0 aliphatic carbocycles. The van der Waals surface area contributed by atoms with Gasteiger partial charge in [-0.2, -0.15) is 0 Å². The summed E-state index contributed by atoms with van der Waals surface area (Å²) in [5.74, 6) is 0. The monoisotopic (exact) mass is 225 g/mol. The highest BCUT2D eigenvalue weighted by atomic mass is 16.5. The minimum atomic E-state index is 0.454. The Balaban J connectivity index is 1.80. The highest BCUT2D eigenvalue weighted by molar-refractivity contribution is 5.04. The predicted octanol–water partition coefficient (Wildman–Crippen LogP) is 3.07. The van der Waals surface area contributed by atoms with Crippen molar-refractivity contribution in [1.82, 2.24) is 4.90 Å². The molecule has 0 saturated carbocycles. The molecule has 0 radical (unpaired) electrons. The molecule has 2 aliphatic rings. The van der Waals surface area contributed by atoms with Crippen LogP contribution in [0.4, 0.5) is 0 Å². The maximum Gasteiger partial charge on any atom is 0.0569 e. The molecule has 2 rings (SSSR count). The lowest BCUT2D eigenvalue weighted by Crippen LogP contribution is -2.70. The molecule has 2 aliphatic heterocycles. The van der Waals surface area contributed by atoms with Gasteiger partial charge in [-0.15, -0.1) is 0 Å². The normalized spacial score (nSPS) is 27.2. The smallest absolute Gasteiger partial charge is 0.0569 e. The van der Waals surface area contributed by atoms with Crippen molar-refractivity contribution in [2.45, 2.75) is 58.4 Å². The van der Waals surface area contributed by atoms with Gasteiger partial charge in [0, 0.05) is 24.0 Å². The van der Waals surface area contributed by atoms with Gasteiger partial charge in [-0.05, 0) is 19.8 Å². The van der Waals surface area contributed by atoms with Crippen molar-refractivity contribution in [3.05, 3.63) is 0 Å². The van der Waals surface area contributed by atoms with Gasteiger partial charge in [-0.3, -0.25) is 4.90 Å². The van der Waals surface area contributed by atoms with Gasteiger partial charge >= 0.3 is 0 Å². The van der Waals surface area contributed by atoms with E-state index in [1.54, 1.807) is 0 Å². The van der Waals surface area contributed by atoms with Gasteiger partial charge < -0.3 is 4.74 Å². The molecule has 2 fully saturated rings.